The van der Waals surface area contributed by atoms with E-state index in [-0.39, 0.29) is 41.4 Å². The molecule has 0 unspecified atom stereocenters. The molecule has 8 heteroatoms. The molecule has 0 spiro atoms. The van der Waals surface area contributed by atoms with Crippen LogP contribution in [0.4, 0.5) is 5.69 Å². The van der Waals surface area contributed by atoms with Crippen LogP contribution in [-0.2, 0) is 23.9 Å². The van der Waals surface area contributed by atoms with Gasteiger partial charge in [-0.2, -0.15) is 0 Å². The molecule has 1 saturated heterocycles. The number of ether oxygens (including phenoxy) is 2. The molecular formula is C28H30N2O6. The van der Waals surface area contributed by atoms with E-state index in [9.17, 15) is 19.2 Å². The molecule has 36 heavy (non-hydrogen) atoms. The quantitative estimate of drug-likeness (QED) is 0.443. The maximum absolute atomic E-state index is 13.2. The summed E-state index contributed by atoms with van der Waals surface area (Å²) in [5.74, 6) is -0.911. The highest BCUT2D eigenvalue weighted by molar-refractivity contribution is 6.08. The van der Waals surface area contributed by atoms with Crippen molar-refractivity contribution in [3.63, 3.8) is 0 Å². The highest BCUT2D eigenvalue weighted by Crippen LogP contribution is 2.56. The zero-order valence-corrected chi connectivity index (χ0v) is 20.4. The average Bonchev–Trinajstić information content (AvgIpc) is 3.55. The first-order valence-corrected chi connectivity index (χ1v) is 12.5. The molecule has 1 N–H and O–H groups in total. The molecule has 1 heterocycles. The molecular weight excluding hydrogens is 460 g/mol. The van der Waals surface area contributed by atoms with Crippen molar-refractivity contribution in [2.75, 3.05) is 11.9 Å². The topological polar surface area (TPSA) is 102 Å². The zero-order chi connectivity index (χ0) is 25.4. The number of para-hydroxylation sites is 1. The van der Waals surface area contributed by atoms with Gasteiger partial charge in [-0.05, 0) is 73.4 Å². The lowest BCUT2D eigenvalue weighted by Crippen LogP contribution is -2.50. The van der Waals surface area contributed by atoms with Crippen LogP contribution in [0.25, 0.3) is 0 Å². The lowest BCUT2D eigenvalue weighted by atomic mass is 9.81. The summed E-state index contributed by atoms with van der Waals surface area (Å²) in [4.78, 5) is 52.9. The van der Waals surface area contributed by atoms with Gasteiger partial charge in [0.25, 0.3) is 5.91 Å². The van der Waals surface area contributed by atoms with Crippen molar-refractivity contribution in [3.05, 3.63) is 54.6 Å². The van der Waals surface area contributed by atoms with Crippen molar-refractivity contribution in [2.24, 2.45) is 29.6 Å². The van der Waals surface area contributed by atoms with Gasteiger partial charge in [0.2, 0.25) is 11.8 Å². The number of hydrogen-bond donors (Lipinski definition) is 1. The smallest absolute Gasteiger partial charge is 0.330 e. The second kappa shape index (κ2) is 9.76. The van der Waals surface area contributed by atoms with E-state index in [1.807, 2.05) is 30.3 Å². The molecule has 5 rings (SSSR count). The number of carbonyl (C=O) groups is 4. The van der Waals surface area contributed by atoms with Crippen molar-refractivity contribution >= 4 is 29.4 Å². The number of esters is 1. The summed E-state index contributed by atoms with van der Waals surface area (Å²) in [6.45, 7) is 3.03. The van der Waals surface area contributed by atoms with E-state index in [4.69, 9.17) is 9.47 Å². The Hall–Kier alpha value is -3.68. The predicted molar refractivity (Wildman–Crippen MR) is 131 cm³/mol. The average molecular weight is 491 g/mol. The van der Waals surface area contributed by atoms with Crippen LogP contribution in [-0.4, -0.2) is 41.2 Å². The van der Waals surface area contributed by atoms with E-state index >= 15 is 0 Å². The summed E-state index contributed by atoms with van der Waals surface area (Å²) in [7, 11) is 0. The van der Waals surface area contributed by atoms with E-state index in [2.05, 4.69) is 5.32 Å². The van der Waals surface area contributed by atoms with E-state index in [1.165, 1.54) is 0 Å². The second-order valence-corrected chi connectivity index (χ2v) is 10.2. The van der Waals surface area contributed by atoms with Crippen molar-refractivity contribution in [3.8, 4) is 11.5 Å². The van der Waals surface area contributed by atoms with Gasteiger partial charge in [0, 0.05) is 5.69 Å². The molecule has 0 aromatic heterocycles. The molecule has 2 aromatic rings. The minimum absolute atomic E-state index is 0.237. The monoisotopic (exact) mass is 490 g/mol. The summed E-state index contributed by atoms with van der Waals surface area (Å²) in [5.41, 5.74) is 0.519. The van der Waals surface area contributed by atoms with Crippen LogP contribution in [0.15, 0.2) is 54.6 Å². The molecule has 2 aliphatic carbocycles. The highest BCUT2D eigenvalue weighted by Gasteiger charge is 2.62. The van der Waals surface area contributed by atoms with Crippen molar-refractivity contribution in [1.82, 2.24) is 4.90 Å². The molecule has 2 aromatic carbocycles. The lowest BCUT2D eigenvalue weighted by molar-refractivity contribution is -0.162. The Balaban J connectivity index is 1.17. The van der Waals surface area contributed by atoms with Gasteiger partial charge in [0.1, 0.15) is 17.5 Å². The molecule has 1 aliphatic heterocycles. The number of amides is 3. The Morgan fingerprint density at radius 2 is 1.50 bits per heavy atom. The summed E-state index contributed by atoms with van der Waals surface area (Å²) in [5, 5.41) is 2.68. The first-order valence-electron chi connectivity index (χ1n) is 12.5. The second-order valence-electron chi connectivity index (χ2n) is 10.2. The molecule has 2 saturated carbocycles. The van der Waals surface area contributed by atoms with Gasteiger partial charge < -0.3 is 14.8 Å². The first-order chi connectivity index (χ1) is 17.3. The number of hydrogen-bond acceptors (Lipinski definition) is 6. The molecule has 0 radical (unpaired) electrons. The van der Waals surface area contributed by atoms with Crippen LogP contribution in [0.2, 0.25) is 0 Å². The van der Waals surface area contributed by atoms with Crippen LogP contribution in [0.1, 0.15) is 33.1 Å². The predicted octanol–water partition coefficient (Wildman–Crippen LogP) is 4.02. The fraction of sp³-hybridized carbons (Fsp3) is 0.429. The Morgan fingerprint density at radius 3 is 2.08 bits per heavy atom. The third kappa shape index (κ3) is 4.47. The summed E-state index contributed by atoms with van der Waals surface area (Å²) < 4.78 is 11.0. The molecule has 8 nitrogen and oxygen atoms in total. The zero-order valence-electron chi connectivity index (χ0n) is 20.4. The summed E-state index contributed by atoms with van der Waals surface area (Å²) in [6, 6.07) is 15.1. The Bertz CT molecular complexity index is 1130. The number of anilines is 1. The van der Waals surface area contributed by atoms with Crippen molar-refractivity contribution in [1.29, 1.82) is 0 Å². The van der Waals surface area contributed by atoms with Crippen LogP contribution >= 0.6 is 0 Å². The summed E-state index contributed by atoms with van der Waals surface area (Å²) >= 11 is 0. The lowest BCUT2D eigenvalue weighted by Gasteiger charge is -2.28. The Morgan fingerprint density at radius 1 is 0.917 bits per heavy atom. The van der Waals surface area contributed by atoms with Crippen LogP contribution < -0.4 is 10.1 Å². The minimum Gasteiger partial charge on any atom is -0.457 e. The normalized spacial score (nSPS) is 25.1. The fourth-order valence-corrected chi connectivity index (χ4v) is 6.03. The molecule has 3 fully saturated rings. The molecule has 5 atom stereocenters. The number of carbonyl (C=O) groups excluding carboxylic acids is 4. The van der Waals surface area contributed by atoms with E-state index < -0.39 is 24.5 Å². The van der Waals surface area contributed by atoms with Crippen LogP contribution in [0, 0.1) is 29.6 Å². The van der Waals surface area contributed by atoms with Gasteiger partial charge in [-0.15, -0.1) is 0 Å². The van der Waals surface area contributed by atoms with Crippen molar-refractivity contribution in [2.45, 2.75) is 39.2 Å². The van der Waals surface area contributed by atoms with Crippen LogP contribution in [0.3, 0.4) is 0 Å². The Kier molecular flexibility index (Phi) is 6.51. The number of nitrogens with zero attached hydrogens (tertiary/aromatic N) is 1. The van der Waals surface area contributed by atoms with Gasteiger partial charge in [-0.1, -0.05) is 32.0 Å². The van der Waals surface area contributed by atoms with E-state index in [0.717, 1.165) is 24.2 Å². The fourth-order valence-electron chi connectivity index (χ4n) is 6.03. The van der Waals surface area contributed by atoms with Crippen molar-refractivity contribution < 1.29 is 28.7 Å². The molecule has 188 valence electrons. The number of likely N-dealkylation sites (tertiary alicyclic amines) is 1. The SMILES string of the molecule is CC(C)[C@H](C(=O)OCC(=O)Nc1ccc(Oc2ccccc2)cc1)N1C(=O)[C@@H]2[C@H]3CC[C@@H](C3)[C@@H]2C1=O. The molecule has 2 bridgehead atoms. The number of nitrogens with one attached hydrogen (secondary N) is 1. The number of rotatable bonds is 8. The minimum atomic E-state index is -1.03. The van der Waals surface area contributed by atoms with Gasteiger partial charge >= 0.3 is 5.97 Å². The summed E-state index contributed by atoms with van der Waals surface area (Å²) in [6.07, 6.45) is 2.86. The first kappa shape index (κ1) is 24.0. The van der Waals surface area contributed by atoms with Gasteiger partial charge in [0.15, 0.2) is 6.61 Å². The number of imide groups is 1. The maximum Gasteiger partial charge on any atom is 0.330 e. The largest absolute Gasteiger partial charge is 0.457 e. The third-order valence-corrected chi connectivity index (χ3v) is 7.58. The highest BCUT2D eigenvalue weighted by atomic mass is 16.5. The van der Waals surface area contributed by atoms with E-state index in [1.54, 1.807) is 38.1 Å². The van der Waals surface area contributed by atoms with Gasteiger partial charge in [0.05, 0.1) is 11.8 Å². The standard InChI is InChI=1S/C28H30N2O6/c1-16(2)25(30-26(32)23-17-8-9-18(14-17)24(23)27(30)33)28(34)35-15-22(31)29-19-10-12-21(13-11-19)36-20-6-4-3-5-7-20/h3-7,10-13,16-18,23-25H,8-9,14-15H2,1-2H3,(H,29,31)/t17-,18-,23-,24+,25+/m0/s1. The maximum atomic E-state index is 13.2. The third-order valence-electron chi connectivity index (χ3n) is 7.58. The number of fused-ring (bicyclic) bond motifs is 5. The van der Waals surface area contributed by atoms with Gasteiger partial charge in [-0.3, -0.25) is 19.3 Å². The van der Waals surface area contributed by atoms with Gasteiger partial charge in [-0.25, -0.2) is 4.79 Å². The van der Waals surface area contributed by atoms with E-state index in [0.29, 0.717) is 17.2 Å². The van der Waals surface area contributed by atoms with Crippen LogP contribution in [0.5, 0.6) is 11.5 Å². The Labute approximate surface area is 209 Å². The molecule has 3 amide bonds. The number of benzene rings is 2. The molecule has 3 aliphatic rings.